The van der Waals surface area contributed by atoms with E-state index in [1.165, 1.54) is 38.4 Å². The molecule has 3 aromatic carbocycles. The Balaban J connectivity index is 1.89. The third-order valence-corrected chi connectivity index (χ3v) is 6.38. The first-order valence-electron chi connectivity index (χ1n) is 9.16. The molecule has 31 heavy (non-hydrogen) atoms. The Labute approximate surface area is 186 Å². The summed E-state index contributed by atoms with van der Waals surface area (Å²) in [4.78, 5) is 12.9. The summed E-state index contributed by atoms with van der Waals surface area (Å²) in [5, 5.41) is 3.14. The number of benzene rings is 3. The summed E-state index contributed by atoms with van der Waals surface area (Å²) in [6.07, 6.45) is 0. The van der Waals surface area contributed by atoms with Crippen molar-refractivity contribution in [3.05, 3.63) is 77.3 Å². The second kappa shape index (κ2) is 9.38. The quantitative estimate of drug-likeness (QED) is 0.555. The van der Waals surface area contributed by atoms with Crippen molar-refractivity contribution >= 4 is 33.2 Å². The highest BCUT2D eigenvalue weighted by atomic mass is 35.5. The van der Waals surface area contributed by atoms with Gasteiger partial charge in [-0.3, -0.25) is 4.79 Å². The number of amides is 1. The number of anilines is 1. The van der Waals surface area contributed by atoms with E-state index in [1.807, 2.05) is 0 Å². The van der Waals surface area contributed by atoms with Gasteiger partial charge in [0.2, 0.25) is 10.0 Å². The van der Waals surface area contributed by atoms with Gasteiger partial charge in [0.1, 0.15) is 11.5 Å². The fourth-order valence-electron chi connectivity index (χ4n) is 2.68. The average Bonchev–Trinajstić information content (AvgIpc) is 2.75. The third kappa shape index (κ3) is 5.35. The third-order valence-electron chi connectivity index (χ3n) is 4.33. The Bertz CT molecular complexity index is 1210. The molecule has 3 rings (SSSR count). The highest BCUT2D eigenvalue weighted by Crippen LogP contribution is 2.33. The van der Waals surface area contributed by atoms with E-state index >= 15 is 0 Å². The largest absolute Gasteiger partial charge is 0.497 e. The molecule has 0 saturated heterocycles. The number of carbonyl (C=O) groups excluding carboxylic acids is 1. The van der Waals surface area contributed by atoms with Crippen LogP contribution >= 0.6 is 11.6 Å². The van der Waals surface area contributed by atoms with E-state index in [-0.39, 0.29) is 10.5 Å². The fraction of sp³-hybridized carbons (Fsp3) is 0.136. The predicted molar refractivity (Wildman–Crippen MR) is 120 cm³/mol. The first kappa shape index (κ1) is 22.6. The summed E-state index contributed by atoms with van der Waals surface area (Å²) in [7, 11) is 0.735. The Morgan fingerprint density at radius 2 is 1.68 bits per heavy atom. The zero-order chi connectivity index (χ0) is 22.6. The van der Waals surface area contributed by atoms with Crippen molar-refractivity contribution in [3.63, 3.8) is 0 Å². The lowest BCUT2D eigenvalue weighted by atomic mass is 10.2. The molecular formula is C22H21ClN2O5S. The molecule has 0 fully saturated rings. The number of hydrogen-bond donors (Lipinski definition) is 1. The number of hydrogen-bond acceptors (Lipinski definition) is 5. The molecule has 0 bridgehead atoms. The fourth-order valence-corrected chi connectivity index (χ4v) is 3.80. The van der Waals surface area contributed by atoms with Gasteiger partial charge in [-0.2, -0.15) is 0 Å². The summed E-state index contributed by atoms with van der Waals surface area (Å²) in [6.45, 7) is 0. The number of sulfonamides is 1. The van der Waals surface area contributed by atoms with E-state index in [0.29, 0.717) is 28.0 Å². The number of methoxy groups -OCH3 is 1. The molecule has 0 saturated carbocycles. The van der Waals surface area contributed by atoms with Crippen LogP contribution in [-0.4, -0.2) is 39.8 Å². The standard InChI is InChI=1S/C22H21ClN2O5S/c1-25(2)31(27,28)19-9-4-6-15(12-19)22(26)24-20-13-16(23)10-11-21(20)30-18-8-5-7-17(14-18)29-3/h4-14H,1-3H3,(H,24,26). The highest BCUT2D eigenvalue weighted by molar-refractivity contribution is 7.89. The van der Waals surface area contributed by atoms with Gasteiger partial charge in [-0.05, 0) is 48.5 Å². The second-order valence-corrected chi connectivity index (χ2v) is 9.28. The van der Waals surface area contributed by atoms with Crippen LogP contribution in [0.25, 0.3) is 0 Å². The van der Waals surface area contributed by atoms with Crippen LogP contribution in [0.15, 0.2) is 71.6 Å². The van der Waals surface area contributed by atoms with Crippen molar-refractivity contribution in [2.45, 2.75) is 4.90 Å². The van der Waals surface area contributed by atoms with Gasteiger partial charge in [-0.1, -0.05) is 23.7 Å². The van der Waals surface area contributed by atoms with Crippen molar-refractivity contribution in [2.24, 2.45) is 0 Å². The Morgan fingerprint density at radius 1 is 0.968 bits per heavy atom. The molecule has 1 N–H and O–H groups in total. The van der Waals surface area contributed by atoms with E-state index in [0.717, 1.165) is 4.31 Å². The molecule has 3 aromatic rings. The predicted octanol–water partition coefficient (Wildman–Crippen LogP) is 4.64. The lowest BCUT2D eigenvalue weighted by molar-refractivity contribution is 0.102. The van der Waals surface area contributed by atoms with Gasteiger partial charge in [0, 0.05) is 30.7 Å². The molecule has 162 valence electrons. The number of halogens is 1. The summed E-state index contributed by atoms with van der Waals surface area (Å²) < 4.78 is 36.9. The van der Waals surface area contributed by atoms with Crippen molar-refractivity contribution in [3.8, 4) is 17.2 Å². The minimum atomic E-state index is -3.67. The van der Waals surface area contributed by atoms with Crippen LogP contribution in [-0.2, 0) is 10.0 Å². The second-order valence-electron chi connectivity index (χ2n) is 6.69. The minimum absolute atomic E-state index is 0.0177. The topological polar surface area (TPSA) is 84.9 Å². The maximum atomic E-state index is 12.8. The summed E-state index contributed by atoms with van der Waals surface area (Å²) >= 11 is 6.11. The van der Waals surface area contributed by atoms with Crippen molar-refractivity contribution < 1.29 is 22.7 Å². The molecule has 0 radical (unpaired) electrons. The SMILES string of the molecule is COc1cccc(Oc2ccc(Cl)cc2NC(=O)c2cccc(S(=O)(=O)N(C)C)c2)c1. The van der Waals surface area contributed by atoms with Gasteiger partial charge < -0.3 is 14.8 Å². The molecule has 0 heterocycles. The van der Waals surface area contributed by atoms with Crippen LogP contribution in [0.2, 0.25) is 5.02 Å². The smallest absolute Gasteiger partial charge is 0.255 e. The van der Waals surface area contributed by atoms with Gasteiger partial charge in [0.15, 0.2) is 5.75 Å². The van der Waals surface area contributed by atoms with E-state index in [2.05, 4.69) is 5.32 Å². The maximum absolute atomic E-state index is 12.8. The molecule has 0 aliphatic rings. The van der Waals surface area contributed by atoms with Crippen molar-refractivity contribution in [1.82, 2.24) is 4.31 Å². The maximum Gasteiger partial charge on any atom is 0.255 e. The minimum Gasteiger partial charge on any atom is -0.497 e. The van der Waals surface area contributed by atoms with Crippen molar-refractivity contribution in [1.29, 1.82) is 0 Å². The molecule has 0 unspecified atom stereocenters. The van der Waals surface area contributed by atoms with E-state index in [4.69, 9.17) is 21.1 Å². The average molecular weight is 461 g/mol. The highest BCUT2D eigenvalue weighted by Gasteiger charge is 2.19. The van der Waals surface area contributed by atoms with Crippen LogP contribution in [0.4, 0.5) is 5.69 Å². The van der Waals surface area contributed by atoms with Crippen LogP contribution in [0, 0.1) is 0 Å². The molecule has 0 aliphatic heterocycles. The molecular weight excluding hydrogens is 440 g/mol. The van der Waals surface area contributed by atoms with Crippen LogP contribution in [0.3, 0.4) is 0 Å². The van der Waals surface area contributed by atoms with E-state index in [9.17, 15) is 13.2 Å². The molecule has 0 aliphatic carbocycles. The van der Waals surface area contributed by atoms with E-state index in [1.54, 1.807) is 49.6 Å². The number of nitrogens with one attached hydrogen (secondary N) is 1. The zero-order valence-corrected chi connectivity index (χ0v) is 18.7. The summed E-state index contributed by atoms with van der Waals surface area (Å²) in [5.74, 6) is 0.990. The van der Waals surface area contributed by atoms with Crippen molar-refractivity contribution in [2.75, 3.05) is 26.5 Å². The van der Waals surface area contributed by atoms with Crippen LogP contribution in [0.5, 0.6) is 17.2 Å². The molecule has 9 heteroatoms. The van der Waals surface area contributed by atoms with Crippen LogP contribution in [0.1, 0.15) is 10.4 Å². The zero-order valence-electron chi connectivity index (χ0n) is 17.1. The Hall–Kier alpha value is -3.07. The molecule has 0 atom stereocenters. The van der Waals surface area contributed by atoms with Gasteiger partial charge in [0.05, 0.1) is 17.7 Å². The van der Waals surface area contributed by atoms with Gasteiger partial charge in [0.25, 0.3) is 5.91 Å². The van der Waals surface area contributed by atoms with Gasteiger partial charge >= 0.3 is 0 Å². The normalized spacial score (nSPS) is 11.3. The van der Waals surface area contributed by atoms with Gasteiger partial charge in [-0.15, -0.1) is 0 Å². The van der Waals surface area contributed by atoms with E-state index < -0.39 is 15.9 Å². The Kier molecular flexibility index (Phi) is 6.84. The Morgan fingerprint density at radius 3 is 2.39 bits per heavy atom. The first-order chi connectivity index (χ1) is 14.7. The number of rotatable bonds is 7. The first-order valence-corrected chi connectivity index (χ1v) is 11.0. The number of carbonyl (C=O) groups is 1. The molecule has 0 aromatic heterocycles. The molecule has 1 amide bonds. The number of ether oxygens (including phenoxy) is 2. The van der Waals surface area contributed by atoms with Crippen LogP contribution < -0.4 is 14.8 Å². The number of nitrogens with zero attached hydrogens (tertiary/aromatic N) is 1. The summed E-state index contributed by atoms with van der Waals surface area (Å²) in [6, 6.07) is 17.6. The molecule has 7 nitrogen and oxygen atoms in total. The lowest BCUT2D eigenvalue weighted by Gasteiger charge is -2.14. The summed E-state index contributed by atoms with van der Waals surface area (Å²) in [5.41, 5.74) is 0.511. The lowest BCUT2D eigenvalue weighted by Crippen LogP contribution is -2.22. The van der Waals surface area contributed by atoms with Gasteiger partial charge in [-0.25, -0.2) is 12.7 Å². The molecule has 0 spiro atoms. The monoisotopic (exact) mass is 460 g/mol.